The van der Waals surface area contributed by atoms with E-state index in [4.69, 9.17) is 4.74 Å². The first-order valence-electron chi connectivity index (χ1n) is 4.65. The summed E-state index contributed by atoms with van der Waals surface area (Å²) in [7, 11) is 0. The molecule has 0 bridgehead atoms. The van der Waals surface area contributed by atoms with E-state index in [-0.39, 0.29) is 23.4 Å². The van der Waals surface area contributed by atoms with Crippen LogP contribution in [0.1, 0.15) is 6.92 Å². The number of hydrogen-bond acceptors (Lipinski definition) is 6. The molecule has 0 unspecified atom stereocenters. The number of ether oxygens (including phenoxy) is 1. The molecule has 1 amide bonds. The topological polar surface area (TPSA) is 68.3 Å². The lowest BCUT2D eigenvalue weighted by atomic mass is 10.7. The van der Waals surface area contributed by atoms with E-state index in [1.807, 2.05) is 0 Å². The zero-order valence-corrected chi connectivity index (χ0v) is 10.4. The second-order valence-electron chi connectivity index (χ2n) is 2.68. The fraction of sp³-hybridized carbons (Fsp3) is 0.444. The van der Waals surface area contributed by atoms with Crippen LogP contribution in [-0.2, 0) is 14.3 Å². The average Bonchev–Trinajstić information content (AvgIpc) is 2.70. The molecule has 1 heterocycles. The van der Waals surface area contributed by atoms with Crippen molar-refractivity contribution in [3.05, 3.63) is 11.6 Å². The number of nitrogens with zero attached hydrogens (tertiary/aromatic N) is 1. The first-order valence-corrected chi connectivity index (χ1v) is 6.68. The summed E-state index contributed by atoms with van der Waals surface area (Å²) in [4.78, 5) is 26.2. The van der Waals surface area contributed by atoms with Gasteiger partial charge in [-0.3, -0.25) is 9.59 Å². The maximum atomic E-state index is 11.3. The summed E-state index contributed by atoms with van der Waals surface area (Å²) >= 11 is 2.58. The van der Waals surface area contributed by atoms with E-state index in [0.717, 1.165) is 0 Å². The van der Waals surface area contributed by atoms with Gasteiger partial charge in [0.05, 0.1) is 18.1 Å². The predicted molar refractivity (Wildman–Crippen MR) is 64.7 cm³/mol. The van der Waals surface area contributed by atoms with Gasteiger partial charge in [-0.05, 0) is 6.92 Å². The zero-order chi connectivity index (χ0) is 11.8. The third kappa shape index (κ3) is 5.13. The van der Waals surface area contributed by atoms with Crippen LogP contribution in [0, 0.1) is 0 Å². The molecule has 0 aromatic carbocycles. The summed E-state index contributed by atoms with van der Waals surface area (Å²) in [5.74, 6) is -0.0452. The SMILES string of the molecule is CCOC(=O)CSCC(=O)Nc1nccs1. The van der Waals surface area contributed by atoms with Crippen molar-refractivity contribution in [3.63, 3.8) is 0 Å². The number of hydrogen-bond donors (Lipinski definition) is 1. The second-order valence-corrected chi connectivity index (χ2v) is 4.56. The fourth-order valence-corrected chi connectivity index (χ4v) is 2.02. The van der Waals surface area contributed by atoms with Crippen molar-refractivity contribution < 1.29 is 14.3 Å². The molecule has 5 nitrogen and oxygen atoms in total. The molecule has 1 rings (SSSR count). The molecule has 0 atom stereocenters. The third-order valence-corrected chi connectivity index (χ3v) is 3.03. The number of nitrogens with one attached hydrogen (secondary N) is 1. The summed E-state index contributed by atoms with van der Waals surface area (Å²) in [5, 5.41) is 4.97. The van der Waals surface area contributed by atoms with Crippen LogP contribution in [0.4, 0.5) is 5.13 Å². The van der Waals surface area contributed by atoms with Crippen molar-refractivity contribution in [1.82, 2.24) is 4.98 Å². The van der Waals surface area contributed by atoms with Gasteiger partial charge in [-0.25, -0.2) is 4.98 Å². The van der Waals surface area contributed by atoms with Crippen molar-refractivity contribution in [3.8, 4) is 0 Å². The minimum absolute atomic E-state index is 0.163. The van der Waals surface area contributed by atoms with Gasteiger partial charge in [0.1, 0.15) is 0 Å². The molecule has 0 radical (unpaired) electrons. The maximum Gasteiger partial charge on any atom is 0.315 e. The van der Waals surface area contributed by atoms with Crippen LogP contribution in [0.25, 0.3) is 0 Å². The van der Waals surface area contributed by atoms with Gasteiger partial charge >= 0.3 is 5.97 Å². The van der Waals surface area contributed by atoms with E-state index in [9.17, 15) is 9.59 Å². The molecule has 0 saturated carbocycles. The second kappa shape index (κ2) is 7.24. The van der Waals surface area contributed by atoms with E-state index >= 15 is 0 Å². The molecule has 0 spiro atoms. The number of rotatable bonds is 6. The van der Waals surface area contributed by atoms with Crippen molar-refractivity contribution in [2.75, 3.05) is 23.4 Å². The van der Waals surface area contributed by atoms with Crippen molar-refractivity contribution in [2.24, 2.45) is 0 Å². The highest BCUT2D eigenvalue weighted by atomic mass is 32.2. The Labute approximate surface area is 102 Å². The number of carbonyl (C=O) groups is 2. The Hall–Kier alpha value is -1.08. The van der Waals surface area contributed by atoms with Gasteiger partial charge in [-0.2, -0.15) is 0 Å². The minimum atomic E-state index is -0.297. The number of thioether (sulfide) groups is 1. The maximum absolute atomic E-state index is 11.3. The van der Waals surface area contributed by atoms with Gasteiger partial charge in [-0.15, -0.1) is 23.1 Å². The number of carbonyl (C=O) groups excluding carboxylic acids is 2. The minimum Gasteiger partial charge on any atom is -0.465 e. The van der Waals surface area contributed by atoms with Crippen LogP contribution >= 0.6 is 23.1 Å². The Morgan fingerprint density at radius 2 is 2.38 bits per heavy atom. The van der Waals surface area contributed by atoms with Crippen LogP contribution in [0.15, 0.2) is 11.6 Å². The Balaban J connectivity index is 2.13. The molecule has 0 aliphatic heterocycles. The molecule has 1 aromatic heterocycles. The van der Waals surface area contributed by atoms with E-state index in [1.54, 1.807) is 18.5 Å². The fourth-order valence-electron chi connectivity index (χ4n) is 0.870. The first-order chi connectivity index (χ1) is 7.72. The van der Waals surface area contributed by atoms with E-state index in [0.29, 0.717) is 11.7 Å². The lowest BCUT2D eigenvalue weighted by molar-refractivity contribution is -0.139. The van der Waals surface area contributed by atoms with E-state index in [1.165, 1.54) is 23.1 Å². The summed E-state index contributed by atoms with van der Waals surface area (Å²) in [5.41, 5.74) is 0. The molecule has 0 aliphatic carbocycles. The van der Waals surface area contributed by atoms with Crippen molar-refractivity contribution in [1.29, 1.82) is 0 Å². The monoisotopic (exact) mass is 260 g/mol. The normalized spacial score (nSPS) is 9.81. The first kappa shape index (κ1) is 13.0. The van der Waals surface area contributed by atoms with Crippen LogP contribution in [-0.4, -0.2) is 35.0 Å². The van der Waals surface area contributed by atoms with Gasteiger partial charge in [0.25, 0.3) is 0 Å². The zero-order valence-electron chi connectivity index (χ0n) is 8.76. The highest BCUT2D eigenvalue weighted by Crippen LogP contribution is 2.11. The summed E-state index contributed by atoms with van der Waals surface area (Å²) < 4.78 is 4.73. The molecule has 0 fully saturated rings. The van der Waals surface area contributed by atoms with Crippen LogP contribution in [0.3, 0.4) is 0 Å². The molecule has 1 aromatic rings. The highest BCUT2D eigenvalue weighted by Gasteiger charge is 2.07. The molecule has 0 aliphatic rings. The standard InChI is InChI=1S/C9H12N2O3S2/c1-2-14-8(13)6-15-5-7(12)11-9-10-3-4-16-9/h3-4H,2,5-6H2,1H3,(H,10,11,12). The molecular formula is C9H12N2O3S2. The molecule has 7 heteroatoms. The number of esters is 1. The summed E-state index contributed by atoms with van der Waals surface area (Å²) in [6.07, 6.45) is 1.62. The average molecular weight is 260 g/mol. The van der Waals surface area contributed by atoms with Gasteiger partial charge in [0.2, 0.25) is 5.91 Å². The van der Waals surface area contributed by atoms with Gasteiger partial charge in [0.15, 0.2) is 5.13 Å². The van der Waals surface area contributed by atoms with Gasteiger partial charge in [0, 0.05) is 11.6 Å². The number of thiazole rings is 1. The van der Waals surface area contributed by atoms with Crippen molar-refractivity contribution in [2.45, 2.75) is 6.92 Å². The summed E-state index contributed by atoms with van der Waals surface area (Å²) in [6, 6.07) is 0. The Morgan fingerprint density at radius 1 is 1.56 bits per heavy atom. The molecule has 1 N–H and O–H groups in total. The molecule has 0 saturated heterocycles. The van der Waals surface area contributed by atoms with E-state index < -0.39 is 0 Å². The van der Waals surface area contributed by atoms with Gasteiger partial charge in [-0.1, -0.05) is 0 Å². The third-order valence-electron chi connectivity index (χ3n) is 1.44. The summed E-state index contributed by atoms with van der Waals surface area (Å²) in [6.45, 7) is 2.11. The Kier molecular flexibility index (Phi) is 5.87. The number of amides is 1. The molecule has 88 valence electrons. The van der Waals surface area contributed by atoms with Crippen LogP contribution < -0.4 is 5.32 Å². The number of aromatic nitrogens is 1. The molecule has 16 heavy (non-hydrogen) atoms. The number of anilines is 1. The predicted octanol–water partition coefficient (Wildman–Crippen LogP) is 1.38. The Bertz CT molecular complexity index is 341. The quantitative estimate of drug-likeness (QED) is 0.783. The lowest BCUT2D eigenvalue weighted by Crippen LogP contribution is -2.16. The largest absolute Gasteiger partial charge is 0.465 e. The van der Waals surface area contributed by atoms with Crippen molar-refractivity contribution >= 4 is 40.1 Å². The molecular weight excluding hydrogens is 248 g/mol. The highest BCUT2D eigenvalue weighted by molar-refractivity contribution is 8.00. The Morgan fingerprint density at radius 3 is 3.00 bits per heavy atom. The smallest absolute Gasteiger partial charge is 0.315 e. The van der Waals surface area contributed by atoms with E-state index in [2.05, 4.69) is 10.3 Å². The van der Waals surface area contributed by atoms with Gasteiger partial charge < -0.3 is 10.1 Å². The van der Waals surface area contributed by atoms with Crippen LogP contribution in [0.5, 0.6) is 0 Å². The lowest BCUT2D eigenvalue weighted by Gasteiger charge is -2.02. The van der Waals surface area contributed by atoms with Crippen LogP contribution in [0.2, 0.25) is 0 Å².